The van der Waals surface area contributed by atoms with Crippen LogP contribution in [-0.4, -0.2) is 17.5 Å². The fourth-order valence-corrected chi connectivity index (χ4v) is 3.37. The minimum Gasteiger partial charge on any atom is -0.494 e. The Labute approximate surface area is 159 Å². The van der Waals surface area contributed by atoms with E-state index in [1.807, 2.05) is 60.8 Å². The van der Waals surface area contributed by atoms with Gasteiger partial charge in [0.15, 0.2) is 0 Å². The molecule has 4 nitrogen and oxygen atoms in total. The lowest BCUT2D eigenvalue weighted by atomic mass is 10.2. The summed E-state index contributed by atoms with van der Waals surface area (Å²) in [6.45, 7) is 2.61. The van der Waals surface area contributed by atoms with Crippen molar-refractivity contribution in [3.05, 3.63) is 64.1 Å². The molecule has 3 rings (SSSR count). The Balaban J connectivity index is 1.62. The third-order valence-corrected chi connectivity index (χ3v) is 4.90. The number of anilines is 1. The van der Waals surface area contributed by atoms with E-state index >= 15 is 0 Å². The van der Waals surface area contributed by atoms with Gasteiger partial charge >= 0.3 is 0 Å². The van der Waals surface area contributed by atoms with Crippen LogP contribution in [-0.2, 0) is 11.2 Å². The zero-order valence-corrected chi connectivity index (χ0v) is 16.1. The molecule has 1 amide bonds. The van der Waals surface area contributed by atoms with Crippen LogP contribution >= 0.6 is 27.3 Å². The number of nitrogens with one attached hydrogen (secondary N) is 1. The van der Waals surface area contributed by atoms with E-state index in [0.717, 1.165) is 32.2 Å². The second kappa shape index (κ2) is 8.27. The van der Waals surface area contributed by atoms with Crippen molar-refractivity contribution in [2.75, 3.05) is 11.9 Å². The number of thiazole rings is 1. The normalized spacial score (nSPS) is 10.5. The molecule has 3 aromatic rings. The molecule has 0 aliphatic carbocycles. The first-order valence-electron chi connectivity index (χ1n) is 7.87. The number of aromatic nitrogens is 1. The highest BCUT2D eigenvalue weighted by molar-refractivity contribution is 9.10. The molecule has 0 aliphatic heterocycles. The zero-order valence-electron chi connectivity index (χ0n) is 13.7. The van der Waals surface area contributed by atoms with Crippen molar-refractivity contribution in [3.63, 3.8) is 0 Å². The molecular weight excluding hydrogens is 400 g/mol. The summed E-state index contributed by atoms with van der Waals surface area (Å²) in [5, 5.41) is 5.70. The molecule has 0 atom stereocenters. The van der Waals surface area contributed by atoms with Gasteiger partial charge in [0.1, 0.15) is 10.8 Å². The average Bonchev–Trinajstić information content (AvgIpc) is 3.06. The van der Waals surface area contributed by atoms with Crippen molar-refractivity contribution < 1.29 is 9.53 Å². The average molecular weight is 417 g/mol. The van der Waals surface area contributed by atoms with Crippen LogP contribution in [0.15, 0.2) is 58.4 Å². The molecule has 0 radical (unpaired) electrons. The molecule has 1 heterocycles. The number of carbonyl (C=O) groups is 1. The van der Waals surface area contributed by atoms with Gasteiger partial charge in [-0.3, -0.25) is 4.79 Å². The Morgan fingerprint density at radius 1 is 1.16 bits per heavy atom. The van der Waals surface area contributed by atoms with Crippen LogP contribution in [0.2, 0.25) is 0 Å². The Morgan fingerprint density at radius 3 is 2.56 bits per heavy atom. The number of hydrogen-bond acceptors (Lipinski definition) is 4. The number of ether oxygens (including phenoxy) is 1. The monoisotopic (exact) mass is 416 g/mol. The summed E-state index contributed by atoms with van der Waals surface area (Å²) < 4.78 is 6.42. The molecule has 1 aromatic heterocycles. The predicted molar refractivity (Wildman–Crippen MR) is 105 cm³/mol. The van der Waals surface area contributed by atoms with Crippen molar-refractivity contribution >= 4 is 38.9 Å². The van der Waals surface area contributed by atoms with Crippen LogP contribution in [0, 0.1) is 0 Å². The first-order valence-corrected chi connectivity index (χ1v) is 9.54. The number of benzene rings is 2. The quantitative estimate of drug-likeness (QED) is 0.603. The van der Waals surface area contributed by atoms with E-state index in [2.05, 4.69) is 26.2 Å². The van der Waals surface area contributed by atoms with Gasteiger partial charge in [-0.25, -0.2) is 4.98 Å². The fraction of sp³-hybridized carbons (Fsp3) is 0.158. The number of nitrogens with zero attached hydrogens (tertiary/aromatic N) is 1. The van der Waals surface area contributed by atoms with E-state index < -0.39 is 0 Å². The van der Waals surface area contributed by atoms with E-state index in [-0.39, 0.29) is 12.3 Å². The van der Waals surface area contributed by atoms with Gasteiger partial charge in [0.25, 0.3) is 0 Å². The third kappa shape index (κ3) is 4.90. The molecule has 6 heteroatoms. The number of rotatable bonds is 6. The lowest BCUT2D eigenvalue weighted by Crippen LogP contribution is -2.14. The number of carbonyl (C=O) groups excluding carboxylic acids is 1. The SMILES string of the molecule is CCOc1ccc(-c2nc(CC(=O)Nc3ccc(Br)cc3)cs2)cc1. The molecule has 0 saturated heterocycles. The van der Waals surface area contributed by atoms with Gasteiger partial charge in [-0.15, -0.1) is 11.3 Å². The van der Waals surface area contributed by atoms with Crippen LogP contribution in [0.3, 0.4) is 0 Å². The van der Waals surface area contributed by atoms with Crippen molar-refractivity contribution in [2.45, 2.75) is 13.3 Å². The molecule has 25 heavy (non-hydrogen) atoms. The smallest absolute Gasteiger partial charge is 0.230 e. The van der Waals surface area contributed by atoms with Crippen molar-refractivity contribution in [1.29, 1.82) is 0 Å². The minimum atomic E-state index is -0.0779. The van der Waals surface area contributed by atoms with Gasteiger partial charge in [-0.2, -0.15) is 0 Å². The summed E-state index contributed by atoms with van der Waals surface area (Å²) in [6, 6.07) is 15.3. The van der Waals surface area contributed by atoms with Gasteiger partial charge in [0, 0.05) is 21.1 Å². The second-order valence-electron chi connectivity index (χ2n) is 5.33. The first kappa shape index (κ1) is 17.6. The highest BCUT2D eigenvalue weighted by atomic mass is 79.9. The summed E-state index contributed by atoms with van der Waals surface area (Å²) in [5.74, 6) is 0.766. The molecule has 0 fully saturated rings. The van der Waals surface area contributed by atoms with Crippen LogP contribution < -0.4 is 10.1 Å². The van der Waals surface area contributed by atoms with E-state index in [4.69, 9.17) is 4.74 Å². The van der Waals surface area contributed by atoms with E-state index in [1.165, 1.54) is 11.3 Å². The predicted octanol–water partition coefficient (Wildman–Crippen LogP) is 5.15. The van der Waals surface area contributed by atoms with Crippen molar-refractivity contribution in [3.8, 4) is 16.3 Å². The van der Waals surface area contributed by atoms with Crippen LogP contribution in [0.5, 0.6) is 5.75 Å². The van der Waals surface area contributed by atoms with Gasteiger partial charge in [0.2, 0.25) is 5.91 Å². The minimum absolute atomic E-state index is 0.0779. The Bertz CT molecular complexity index is 845. The molecule has 0 spiro atoms. The molecule has 1 N–H and O–H groups in total. The van der Waals surface area contributed by atoms with Gasteiger partial charge in [-0.05, 0) is 55.5 Å². The molecule has 2 aromatic carbocycles. The van der Waals surface area contributed by atoms with E-state index in [1.54, 1.807) is 0 Å². The molecular formula is C19H17BrN2O2S. The molecule has 0 aliphatic rings. The van der Waals surface area contributed by atoms with E-state index in [0.29, 0.717) is 6.61 Å². The number of amides is 1. The number of hydrogen-bond donors (Lipinski definition) is 1. The van der Waals surface area contributed by atoms with Gasteiger partial charge < -0.3 is 10.1 Å². The highest BCUT2D eigenvalue weighted by Crippen LogP contribution is 2.26. The standard InChI is InChI=1S/C19H17BrN2O2S/c1-2-24-17-9-3-13(4-10-17)19-22-16(12-25-19)11-18(23)21-15-7-5-14(20)6-8-15/h3-10,12H,2,11H2,1H3,(H,21,23). The van der Waals surface area contributed by atoms with E-state index in [9.17, 15) is 4.79 Å². The summed E-state index contributed by atoms with van der Waals surface area (Å²) >= 11 is 4.91. The summed E-state index contributed by atoms with van der Waals surface area (Å²) in [5.41, 5.74) is 2.56. The molecule has 0 saturated carbocycles. The maximum absolute atomic E-state index is 12.2. The first-order chi connectivity index (χ1) is 12.1. The maximum Gasteiger partial charge on any atom is 0.230 e. The van der Waals surface area contributed by atoms with Gasteiger partial charge in [0.05, 0.1) is 18.7 Å². The Morgan fingerprint density at radius 2 is 1.88 bits per heavy atom. The van der Waals surface area contributed by atoms with Crippen LogP contribution in [0.25, 0.3) is 10.6 Å². The van der Waals surface area contributed by atoms with Crippen molar-refractivity contribution in [1.82, 2.24) is 4.98 Å². The summed E-state index contributed by atoms with van der Waals surface area (Å²) in [6.07, 6.45) is 0.254. The fourth-order valence-electron chi connectivity index (χ4n) is 2.28. The van der Waals surface area contributed by atoms with Crippen LogP contribution in [0.1, 0.15) is 12.6 Å². The maximum atomic E-state index is 12.2. The number of halogens is 1. The largest absolute Gasteiger partial charge is 0.494 e. The third-order valence-electron chi connectivity index (χ3n) is 3.43. The molecule has 0 bridgehead atoms. The Hall–Kier alpha value is -2.18. The Kier molecular flexibility index (Phi) is 5.83. The highest BCUT2D eigenvalue weighted by Gasteiger charge is 2.09. The van der Waals surface area contributed by atoms with Crippen LogP contribution in [0.4, 0.5) is 5.69 Å². The second-order valence-corrected chi connectivity index (χ2v) is 7.11. The molecule has 128 valence electrons. The topological polar surface area (TPSA) is 51.2 Å². The van der Waals surface area contributed by atoms with Gasteiger partial charge in [-0.1, -0.05) is 15.9 Å². The molecule has 0 unspecified atom stereocenters. The lowest BCUT2D eigenvalue weighted by Gasteiger charge is -2.04. The lowest BCUT2D eigenvalue weighted by molar-refractivity contribution is -0.115. The summed E-state index contributed by atoms with van der Waals surface area (Å²) in [7, 11) is 0. The summed E-state index contributed by atoms with van der Waals surface area (Å²) in [4.78, 5) is 16.7. The van der Waals surface area contributed by atoms with Crippen molar-refractivity contribution in [2.24, 2.45) is 0 Å². The zero-order chi connectivity index (χ0) is 17.6.